The van der Waals surface area contributed by atoms with Gasteiger partial charge in [-0.2, -0.15) is 0 Å². The van der Waals surface area contributed by atoms with Crippen LogP contribution in [0.3, 0.4) is 0 Å². The first kappa shape index (κ1) is 20.4. The molecule has 2 N–H and O–H groups in total. The van der Waals surface area contributed by atoms with Crippen LogP contribution in [0.5, 0.6) is 0 Å². The number of hydrogen-bond donors (Lipinski definition) is 1. The van der Waals surface area contributed by atoms with Crippen molar-refractivity contribution in [3.8, 4) is 0 Å². The highest BCUT2D eigenvalue weighted by Gasteiger charge is 1.98. The summed E-state index contributed by atoms with van der Waals surface area (Å²) in [4.78, 5) is 0.464. The molecule has 2 heteroatoms. The summed E-state index contributed by atoms with van der Waals surface area (Å²) in [6, 6.07) is 8.19. The molecule has 130 valence electrons. The molecule has 0 saturated heterocycles. The zero-order valence-corrected chi connectivity index (χ0v) is 16.4. The maximum Gasteiger partial charge on any atom is 0.103 e. The van der Waals surface area contributed by atoms with E-state index in [1.807, 2.05) is 12.1 Å². The monoisotopic (exact) mass is 341 g/mol. The average molecular weight is 342 g/mol. The van der Waals surface area contributed by atoms with Gasteiger partial charge in [0, 0.05) is 5.56 Å². The van der Waals surface area contributed by atoms with Gasteiger partial charge in [-0.3, -0.25) is 0 Å². The minimum absolute atomic E-state index is 0.464. The van der Waals surface area contributed by atoms with Gasteiger partial charge in [0.1, 0.15) is 4.99 Å². The number of benzene rings is 1. The van der Waals surface area contributed by atoms with E-state index in [0.29, 0.717) is 4.99 Å². The SMILES string of the molecule is CC(C)=CCCC(C)=CCCC(C)=CCc1cccc(C(N)=S)c1. The quantitative estimate of drug-likeness (QED) is 0.422. The first-order valence-corrected chi connectivity index (χ1v) is 9.12. The van der Waals surface area contributed by atoms with E-state index in [2.05, 4.69) is 58.1 Å². The van der Waals surface area contributed by atoms with E-state index in [1.54, 1.807) is 0 Å². The van der Waals surface area contributed by atoms with Gasteiger partial charge in [-0.1, -0.05) is 65.4 Å². The predicted octanol–water partition coefficient (Wildman–Crippen LogP) is 6.28. The number of rotatable bonds is 9. The Kier molecular flexibility index (Phi) is 9.33. The normalized spacial score (nSPS) is 12.2. The van der Waals surface area contributed by atoms with Crippen LogP contribution in [-0.4, -0.2) is 4.99 Å². The van der Waals surface area contributed by atoms with Crippen molar-refractivity contribution < 1.29 is 0 Å². The molecule has 1 aromatic carbocycles. The Labute approximate surface area is 153 Å². The molecule has 0 aliphatic heterocycles. The Bertz CT molecular complexity index is 631. The molecule has 1 aromatic rings. The highest BCUT2D eigenvalue weighted by molar-refractivity contribution is 7.80. The number of nitrogens with two attached hydrogens (primary N) is 1. The lowest BCUT2D eigenvalue weighted by Gasteiger charge is -2.04. The highest BCUT2D eigenvalue weighted by Crippen LogP contribution is 2.13. The Morgan fingerprint density at radius 3 is 2.21 bits per heavy atom. The Hall–Kier alpha value is -1.67. The maximum absolute atomic E-state index is 5.69. The van der Waals surface area contributed by atoms with E-state index in [9.17, 15) is 0 Å². The summed E-state index contributed by atoms with van der Waals surface area (Å²) >= 11 is 5.04. The van der Waals surface area contributed by atoms with Crippen molar-refractivity contribution in [1.29, 1.82) is 0 Å². The van der Waals surface area contributed by atoms with Crippen molar-refractivity contribution in [2.75, 3.05) is 0 Å². The first-order valence-electron chi connectivity index (χ1n) is 8.72. The molecule has 0 radical (unpaired) electrons. The van der Waals surface area contributed by atoms with E-state index in [4.69, 9.17) is 18.0 Å². The Balaban J connectivity index is 2.43. The van der Waals surface area contributed by atoms with Gasteiger partial charge in [-0.05, 0) is 71.4 Å². The van der Waals surface area contributed by atoms with Crippen molar-refractivity contribution in [2.24, 2.45) is 5.73 Å². The molecule has 0 bridgehead atoms. The third-order valence-electron chi connectivity index (χ3n) is 4.02. The molecule has 0 heterocycles. The zero-order chi connectivity index (χ0) is 17.9. The summed E-state index contributed by atoms with van der Waals surface area (Å²) in [6.07, 6.45) is 12.5. The van der Waals surface area contributed by atoms with E-state index in [1.165, 1.54) is 28.7 Å². The standard InChI is InChI=1S/C22H31NS/c1-17(2)8-5-9-18(3)10-6-11-19(4)14-15-20-12-7-13-21(16-20)22(23)24/h7-8,10,12-14,16H,5-6,9,11,15H2,1-4H3,(H2,23,24). The van der Waals surface area contributed by atoms with Crippen molar-refractivity contribution in [2.45, 2.75) is 59.8 Å². The summed E-state index contributed by atoms with van der Waals surface area (Å²) in [5, 5.41) is 0. The summed E-state index contributed by atoms with van der Waals surface area (Å²) in [5.41, 5.74) is 12.2. The molecule has 0 spiro atoms. The number of thiocarbonyl (C=S) groups is 1. The summed E-state index contributed by atoms with van der Waals surface area (Å²) in [5.74, 6) is 0. The van der Waals surface area contributed by atoms with Crippen LogP contribution >= 0.6 is 12.2 Å². The second-order valence-corrected chi connectivity index (χ2v) is 7.17. The molecule has 0 atom stereocenters. The lowest BCUT2D eigenvalue weighted by atomic mass is 10.0. The van der Waals surface area contributed by atoms with Gasteiger partial charge in [0.15, 0.2) is 0 Å². The third kappa shape index (κ3) is 8.83. The fourth-order valence-corrected chi connectivity index (χ4v) is 2.61. The molecule has 24 heavy (non-hydrogen) atoms. The van der Waals surface area contributed by atoms with Crippen LogP contribution in [0, 0.1) is 0 Å². The maximum atomic E-state index is 5.69. The third-order valence-corrected chi connectivity index (χ3v) is 4.26. The molecule has 0 aliphatic rings. The Morgan fingerprint density at radius 2 is 1.58 bits per heavy atom. The van der Waals surface area contributed by atoms with Gasteiger partial charge in [0.25, 0.3) is 0 Å². The van der Waals surface area contributed by atoms with E-state index < -0.39 is 0 Å². The first-order chi connectivity index (χ1) is 11.4. The second kappa shape index (κ2) is 11.0. The molecule has 0 saturated carbocycles. The minimum Gasteiger partial charge on any atom is -0.389 e. The van der Waals surface area contributed by atoms with Gasteiger partial charge < -0.3 is 5.73 Å². The molecule has 0 amide bonds. The molecule has 0 aromatic heterocycles. The average Bonchev–Trinajstić information content (AvgIpc) is 2.53. The minimum atomic E-state index is 0.464. The Morgan fingerprint density at radius 1 is 0.958 bits per heavy atom. The van der Waals surface area contributed by atoms with Crippen molar-refractivity contribution in [1.82, 2.24) is 0 Å². The second-order valence-electron chi connectivity index (χ2n) is 6.73. The van der Waals surface area contributed by atoms with Crippen LogP contribution in [-0.2, 0) is 6.42 Å². The number of hydrogen-bond acceptors (Lipinski definition) is 1. The molecular formula is C22H31NS. The topological polar surface area (TPSA) is 26.0 Å². The smallest absolute Gasteiger partial charge is 0.103 e. The van der Waals surface area contributed by atoms with Crippen LogP contribution in [0.4, 0.5) is 0 Å². The molecule has 0 aliphatic carbocycles. The van der Waals surface area contributed by atoms with E-state index in [0.717, 1.165) is 31.2 Å². The van der Waals surface area contributed by atoms with Crippen LogP contribution in [0.15, 0.2) is 59.2 Å². The van der Waals surface area contributed by atoms with Crippen LogP contribution in [0.25, 0.3) is 0 Å². The molecule has 0 fully saturated rings. The molecule has 1 nitrogen and oxygen atoms in total. The van der Waals surface area contributed by atoms with Gasteiger partial charge in [-0.25, -0.2) is 0 Å². The highest BCUT2D eigenvalue weighted by atomic mass is 32.1. The van der Waals surface area contributed by atoms with Crippen molar-refractivity contribution >= 4 is 17.2 Å². The lowest BCUT2D eigenvalue weighted by molar-refractivity contribution is 0.914. The number of allylic oxidation sites excluding steroid dienone is 6. The summed E-state index contributed by atoms with van der Waals surface area (Å²) < 4.78 is 0. The molecular weight excluding hydrogens is 310 g/mol. The van der Waals surface area contributed by atoms with Crippen molar-refractivity contribution in [3.05, 3.63) is 70.3 Å². The summed E-state index contributed by atoms with van der Waals surface area (Å²) in [6.45, 7) is 8.76. The van der Waals surface area contributed by atoms with Gasteiger partial charge in [-0.15, -0.1) is 0 Å². The zero-order valence-electron chi connectivity index (χ0n) is 15.6. The molecule has 1 rings (SSSR count). The summed E-state index contributed by atoms with van der Waals surface area (Å²) in [7, 11) is 0. The van der Waals surface area contributed by atoms with Crippen molar-refractivity contribution in [3.63, 3.8) is 0 Å². The van der Waals surface area contributed by atoms with Crippen LogP contribution in [0.1, 0.15) is 64.5 Å². The van der Waals surface area contributed by atoms with Gasteiger partial charge in [0.05, 0.1) is 0 Å². The van der Waals surface area contributed by atoms with E-state index in [-0.39, 0.29) is 0 Å². The van der Waals surface area contributed by atoms with Crippen LogP contribution < -0.4 is 5.73 Å². The predicted molar refractivity (Wildman–Crippen MR) is 111 cm³/mol. The fraction of sp³-hybridized carbons (Fsp3) is 0.409. The fourth-order valence-electron chi connectivity index (χ4n) is 2.48. The lowest BCUT2D eigenvalue weighted by Crippen LogP contribution is -2.09. The molecule has 0 unspecified atom stereocenters. The van der Waals surface area contributed by atoms with Gasteiger partial charge in [0.2, 0.25) is 0 Å². The largest absolute Gasteiger partial charge is 0.389 e. The van der Waals surface area contributed by atoms with E-state index >= 15 is 0 Å². The van der Waals surface area contributed by atoms with Gasteiger partial charge >= 0.3 is 0 Å². The van der Waals surface area contributed by atoms with Crippen LogP contribution in [0.2, 0.25) is 0 Å².